The molecule has 21 heavy (non-hydrogen) atoms. The lowest BCUT2D eigenvalue weighted by Crippen LogP contribution is -2.26. The first-order valence-corrected chi connectivity index (χ1v) is 6.61. The van der Waals surface area contributed by atoms with Gasteiger partial charge in [-0.05, 0) is 12.1 Å². The quantitative estimate of drug-likeness (QED) is 0.757. The summed E-state index contributed by atoms with van der Waals surface area (Å²) in [5.74, 6) is -0.436. The zero-order valence-electron chi connectivity index (χ0n) is 11.6. The Morgan fingerprint density at radius 1 is 1.33 bits per heavy atom. The number of esters is 1. The number of rotatable bonds is 6. The molecule has 1 aromatic carbocycles. The Labute approximate surface area is 121 Å². The van der Waals surface area contributed by atoms with Crippen molar-refractivity contribution in [1.29, 1.82) is 0 Å². The molecule has 0 unspecified atom stereocenters. The molecule has 0 spiro atoms. The summed E-state index contributed by atoms with van der Waals surface area (Å²) in [6.07, 6.45) is -0.941. The molecular weight excluding hydrogens is 274 g/mol. The van der Waals surface area contributed by atoms with Gasteiger partial charge >= 0.3 is 5.97 Å². The van der Waals surface area contributed by atoms with E-state index in [1.54, 1.807) is 6.92 Å². The van der Waals surface area contributed by atoms with E-state index in [2.05, 4.69) is 10.2 Å². The van der Waals surface area contributed by atoms with E-state index in [9.17, 15) is 15.0 Å². The molecule has 0 aliphatic heterocycles. The van der Waals surface area contributed by atoms with Crippen molar-refractivity contribution >= 4 is 5.97 Å². The van der Waals surface area contributed by atoms with Crippen molar-refractivity contribution in [3.8, 4) is 5.69 Å². The Kier molecular flexibility index (Phi) is 5.02. The number of ether oxygens (including phenoxy) is 1. The molecule has 0 bridgehead atoms. The molecule has 112 valence electrons. The maximum absolute atomic E-state index is 11.0. The number of hydrogen-bond acceptors (Lipinski definition) is 6. The fourth-order valence-corrected chi connectivity index (χ4v) is 1.66. The topological polar surface area (TPSA) is 97.5 Å². The van der Waals surface area contributed by atoms with Gasteiger partial charge in [-0.3, -0.25) is 4.79 Å². The molecule has 0 aliphatic carbocycles. The molecule has 1 aromatic heterocycles. The predicted octanol–water partition coefficient (Wildman–Crippen LogP) is 0.615. The molecular formula is C14H17N3O4. The lowest BCUT2D eigenvalue weighted by atomic mass is 10.1. The molecule has 2 atom stereocenters. The minimum absolute atomic E-state index is 0.207. The summed E-state index contributed by atoms with van der Waals surface area (Å²) in [5.41, 5.74) is 0.946. The SMILES string of the molecule is CCC(=O)OC[C@@H](O)[C@@H](O)c1cnn(-c2ccccc2)n1. The number of para-hydroxylation sites is 1. The zero-order chi connectivity index (χ0) is 15.2. The average Bonchev–Trinajstić information content (AvgIpc) is 3.02. The average molecular weight is 291 g/mol. The van der Waals surface area contributed by atoms with E-state index < -0.39 is 18.2 Å². The van der Waals surface area contributed by atoms with Gasteiger partial charge in [-0.15, -0.1) is 0 Å². The number of aliphatic hydroxyl groups excluding tert-OH is 2. The monoisotopic (exact) mass is 291 g/mol. The van der Waals surface area contributed by atoms with Crippen molar-refractivity contribution < 1.29 is 19.7 Å². The van der Waals surface area contributed by atoms with Crippen LogP contribution in [0, 0.1) is 0 Å². The number of carbonyl (C=O) groups is 1. The summed E-state index contributed by atoms with van der Waals surface area (Å²) in [4.78, 5) is 12.4. The third-order valence-corrected chi connectivity index (χ3v) is 2.87. The van der Waals surface area contributed by atoms with Crippen molar-refractivity contribution in [2.75, 3.05) is 6.61 Å². The summed E-state index contributed by atoms with van der Waals surface area (Å²) in [6, 6.07) is 9.18. The van der Waals surface area contributed by atoms with E-state index >= 15 is 0 Å². The van der Waals surface area contributed by atoms with E-state index in [0.717, 1.165) is 5.69 Å². The summed E-state index contributed by atoms with van der Waals surface area (Å²) in [5, 5.41) is 27.9. The van der Waals surface area contributed by atoms with Crippen molar-refractivity contribution in [2.45, 2.75) is 25.6 Å². The van der Waals surface area contributed by atoms with Gasteiger partial charge in [-0.1, -0.05) is 25.1 Å². The number of carbonyl (C=O) groups excluding carboxylic acids is 1. The molecule has 2 N–H and O–H groups in total. The van der Waals surface area contributed by atoms with Crippen LogP contribution in [0.15, 0.2) is 36.5 Å². The Balaban J connectivity index is 2.01. The van der Waals surface area contributed by atoms with Crippen LogP contribution in [-0.2, 0) is 9.53 Å². The lowest BCUT2D eigenvalue weighted by Gasteiger charge is -2.15. The minimum atomic E-state index is -1.27. The van der Waals surface area contributed by atoms with Gasteiger partial charge in [0.15, 0.2) is 0 Å². The molecule has 2 rings (SSSR count). The molecule has 0 radical (unpaired) electrons. The summed E-state index contributed by atoms with van der Waals surface area (Å²) in [6.45, 7) is 1.36. The first-order chi connectivity index (χ1) is 10.1. The molecule has 0 fully saturated rings. The standard InChI is InChI=1S/C14H17N3O4/c1-2-13(19)21-9-12(18)14(20)11-8-15-17(16-11)10-6-4-3-5-7-10/h3-8,12,14,18,20H,2,9H2,1H3/t12-,14+/m1/s1. The molecule has 0 aliphatic rings. The molecule has 1 heterocycles. The largest absolute Gasteiger partial charge is 0.463 e. The number of aromatic nitrogens is 3. The third kappa shape index (κ3) is 3.87. The summed E-state index contributed by atoms with van der Waals surface area (Å²) in [7, 11) is 0. The van der Waals surface area contributed by atoms with Crippen LogP contribution in [0.5, 0.6) is 0 Å². The first kappa shape index (κ1) is 15.1. The maximum Gasteiger partial charge on any atom is 0.305 e. The van der Waals surface area contributed by atoms with E-state index in [4.69, 9.17) is 4.74 Å². The smallest absolute Gasteiger partial charge is 0.305 e. The first-order valence-electron chi connectivity index (χ1n) is 6.61. The van der Waals surface area contributed by atoms with Crippen LogP contribution in [0.3, 0.4) is 0 Å². The van der Waals surface area contributed by atoms with Crippen LogP contribution in [0.2, 0.25) is 0 Å². The normalized spacial score (nSPS) is 13.7. The highest BCUT2D eigenvalue weighted by Gasteiger charge is 2.23. The van der Waals surface area contributed by atoms with E-state index in [-0.39, 0.29) is 18.7 Å². The van der Waals surface area contributed by atoms with Gasteiger partial charge in [0, 0.05) is 6.42 Å². The predicted molar refractivity (Wildman–Crippen MR) is 73.6 cm³/mol. The number of benzene rings is 1. The molecule has 0 saturated carbocycles. The lowest BCUT2D eigenvalue weighted by molar-refractivity contribution is -0.148. The zero-order valence-corrected chi connectivity index (χ0v) is 11.6. The molecule has 7 nitrogen and oxygen atoms in total. The van der Waals surface area contributed by atoms with Crippen LogP contribution < -0.4 is 0 Å². The van der Waals surface area contributed by atoms with Crippen molar-refractivity contribution in [1.82, 2.24) is 15.0 Å². The van der Waals surface area contributed by atoms with Crippen molar-refractivity contribution in [2.24, 2.45) is 0 Å². The molecule has 7 heteroatoms. The van der Waals surface area contributed by atoms with Crippen molar-refractivity contribution in [3.63, 3.8) is 0 Å². The van der Waals surface area contributed by atoms with Gasteiger partial charge in [0.05, 0.1) is 11.9 Å². The van der Waals surface area contributed by atoms with Gasteiger partial charge in [0.25, 0.3) is 0 Å². The molecule has 0 amide bonds. The van der Waals surface area contributed by atoms with Crippen molar-refractivity contribution in [3.05, 3.63) is 42.2 Å². The van der Waals surface area contributed by atoms with Gasteiger partial charge < -0.3 is 14.9 Å². The summed E-state index contributed by atoms with van der Waals surface area (Å²) < 4.78 is 4.78. The summed E-state index contributed by atoms with van der Waals surface area (Å²) >= 11 is 0. The number of nitrogens with zero attached hydrogens (tertiary/aromatic N) is 3. The van der Waals surface area contributed by atoms with Crippen LogP contribution in [-0.4, -0.2) is 43.9 Å². The van der Waals surface area contributed by atoms with Gasteiger partial charge in [-0.2, -0.15) is 15.0 Å². The highest BCUT2D eigenvalue weighted by molar-refractivity contribution is 5.68. The van der Waals surface area contributed by atoms with Crippen LogP contribution in [0.25, 0.3) is 5.69 Å². The Bertz CT molecular complexity index is 585. The van der Waals surface area contributed by atoms with E-state index in [1.165, 1.54) is 11.0 Å². The van der Waals surface area contributed by atoms with E-state index in [1.807, 2.05) is 30.3 Å². The second kappa shape index (κ2) is 6.96. The van der Waals surface area contributed by atoms with Gasteiger partial charge in [0.1, 0.15) is 24.5 Å². The number of hydrogen-bond donors (Lipinski definition) is 2. The maximum atomic E-state index is 11.0. The van der Waals surface area contributed by atoms with E-state index in [0.29, 0.717) is 0 Å². The second-order valence-corrected chi connectivity index (χ2v) is 4.44. The number of aliphatic hydroxyl groups is 2. The Morgan fingerprint density at radius 3 is 2.71 bits per heavy atom. The molecule has 0 saturated heterocycles. The van der Waals surface area contributed by atoms with Gasteiger partial charge in [-0.25, -0.2) is 0 Å². The third-order valence-electron chi connectivity index (χ3n) is 2.87. The Hall–Kier alpha value is -2.25. The minimum Gasteiger partial charge on any atom is -0.463 e. The second-order valence-electron chi connectivity index (χ2n) is 4.44. The highest BCUT2D eigenvalue weighted by atomic mass is 16.5. The van der Waals surface area contributed by atoms with Crippen LogP contribution >= 0.6 is 0 Å². The molecule has 2 aromatic rings. The highest BCUT2D eigenvalue weighted by Crippen LogP contribution is 2.15. The fraction of sp³-hybridized carbons (Fsp3) is 0.357. The van der Waals surface area contributed by atoms with Gasteiger partial charge in [0.2, 0.25) is 0 Å². The Morgan fingerprint density at radius 2 is 2.05 bits per heavy atom. The van der Waals surface area contributed by atoms with Crippen LogP contribution in [0.1, 0.15) is 25.1 Å². The fourth-order valence-electron chi connectivity index (χ4n) is 1.66. The van der Waals surface area contributed by atoms with Crippen LogP contribution in [0.4, 0.5) is 0 Å².